The lowest BCUT2D eigenvalue weighted by Crippen LogP contribution is -2.46. The van der Waals surface area contributed by atoms with Crippen LogP contribution in [0.4, 0.5) is 0 Å². The Bertz CT molecular complexity index is 267. The molecule has 0 amide bonds. The SMILES string of the molecule is CCN(CC)C1=NC(O)(O)C=C(C)N1. The molecule has 0 aromatic rings. The normalized spacial score (nSPS) is 19.5. The van der Waals surface area contributed by atoms with Crippen molar-refractivity contribution in [2.75, 3.05) is 13.1 Å². The minimum atomic E-state index is -2.08. The number of hydrogen-bond acceptors (Lipinski definition) is 5. The molecule has 0 aliphatic carbocycles. The van der Waals surface area contributed by atoms with Gasteiger partial charge in [0.15, 0.2) is 0 Å². The Balaban J connectivity index is 2.86. The second kappa shape index (κ2) is 3.98. The van der Waals surface area contributed by atoms with E-state index in [4.69, 9.17) is 0 Å². The van der Waals surface area contributed by atoms with Crippen LogP contribution in [0.25, 0.3) is 0 Å². The minimum Gasteiger partial charge on any atom is -0.344 e. The second-order valence-corrected chi connectivity index (χ2v) is 3.25. The Morgan fingerprint density at radius 3 is 2.43 bits per heavy atom. The second-order valence-electron chi connectivity index (χ2n) is 3.25. The topological polar surface area (TPSA) is 68.1 Å². The first-order valence-corrected chi connectivity index (χ1v) is 4.74. The molecular weight excluding hydrogens is 182 g/mol. The highest BCUT2D eigenvalue weighted by atomic mass is 16.5. The molecule has 0 aromatic carbocycles. The van der Waals surface area contributed by atoms with Gasteiger partial charge in [0.2, 0.25) is 5.96 Å². The largest absolute Gasteiger partial charge is 0.344 e. The van der Waals surface area contributed by atoms with Gasteiger partial charge in [0, 0.05) is 24.9 Å². The highest BCUT2D eigenvalue weighted by Gasteiger charge is 2.26. The first kappa shape index (κ1) is 11.0. The summed E-state index contributed by atoms with van der Waals surface area (Å²) in [5.41, 5.74) is 0.687. The zero-order valence-electron chi connectivity index (χ0n) is 8.78. The van der Waals surface area contributed by atoms with Crippen LogP contribution in [-0.4, -0.2) is 40.1 Å². The van der Waals surface area contributed by atoms with Crippen molar-refractivity contribution in [3.05, 3.63) is 11.8 Å². The van der Waals surface area contributed by atoms with Gasteiger partial charge in [0.1, 0.15) is 0 Å². The maximum Gasteiger partial charge on any atom is 0.290 e. The van der Waals surface area contributed by atoms with Crippen molar-refractivity contribution in [2.45, 2.75) is 26.7 Å². The summed E-state index contributed by atoms with van der Waals surface area (Å²) >= 11 is 0. The maximum absolute atomic E-state index is 9.38. The van der Waals surface area contributed by atoms with Crippen molar-refractivity contribution in [1.82, 2.24) is 10.2 Å². The molecule has 1 aliphatic rings. The van der Waals surface area contributed by atoms with Crippen LogP contribution in [0.1, 0.15) is 20.8 Å². The third-order valence-electron chi connectivity index (χ3n) is 2.05. The first-order chi connectivity index (χ1) is 6.48. The molecule has 14 heavy (non-hydrogen) atoms. The van der Waals surface area contributed by atoms with E-state index in [2.05, 4.69) is 10.3 Å². The molecule has 0 saturated heterocycles. The van der Waals surface area contributed by atoms with Crippen molar-refractivity contribution in [1.29, 1.82) is 0 Å². The van der Waals surface area contributed by atoms with Gasteiger partial charge in [-0.2, -0.15) is 4.99 Å². The van der Waals surface area contributed by atoms with E-state index in [-0.39, 0.29) is 0 Å². The lowest BCUT2D eigenvalue weighted by atomic mass is 10.3. The highest BCUT2D eigenvalue weighted by Crippen LogP contribution is 2.12. The Morgan fingerprint density at radius 1 is 1.43 bits per heavy atom. The standard InChI is InChI=1S/C9H17N3O2/c1-4-12(5-2)8-10-7(3)6-9(13,14)11-8/h6,13-14H,4-5H2,1-3H3,(H,10,11). The maximum atomic E-state index is 9.38. The number of rotatable bonds is 2. The van der Waals surface area contributed by atoms with Gasteiger partial charge in [-0.25, -0.2) is 0 Å². The van der Waals surface area contributed by atoms with Gasteiger partial charge >= 0.3 is 0 Å². The molecule has 0 atom stereocenters. The predicted molar refractivity (Wildman–Crippen MR) is 54.4 cm³/mol. The summed E-state index contributed by atoms with van der Waals surface area (Å²) in [5.74, 6) is -1.58. The molecule has 0 fully saturated rings. The first-order valence-electron chi connectivity index (χ1n) is 4.74. The van der Waals surface area contributed by atoms with E-state index in [0.717, 1.165) is 13.1 Å². The zero-order valence-corrected chi connectivity index (χ0v) is 8.78. The van der Waals surface area contributed by atoms with E-state index in [1.807, 2.05) is 18.7 Å². The van der Waals surface area contributed by atoms with Crippen molar-refractivity contribution < 1.29 is 10.2 Å². The fourth-order valence-electron chi connectivity index (χ4n) is 1.39. The van der Waals surface area contributed by atoms with Crippen LogP contribution in [0.3, 0.4) is 0 Å². The molecule has 0 bridgehead atoms. The van der Waals surface area contributed by atoms with Gasteiger partial charge in [0.05, 0.1) is 0 Å². The highest BCUT2D eigenvalue weighted by molar-refractivity contribution is 5.82. The molecule has 1 rings (SSSR count). The lowest BCUT2D eigenvalue weighted by Gasteiger charge is -2.29. The fraction of sp³-hybridized carbons (Fsp3) is 0.667. The molecule has 5 nitrogen and oxygen atoms in total. The molecule has 0 saturated carbocycles. The number of nitrogens with zero attached hydrogens (tertiary/aromatic N) is 2. The van der Waals surface area contributed by atoms with Crippen LogP contribution >= 0.6 is 0 Å². The Labute approximate surface area is 83.8 Å². The smallest absolute Gasteiger partial charge is 0.290 e. The van der Waals surface area contributed by atoms with Gasteiger partial charge in [-0.3, -0.25) is 0 Å². The van der Waals surface area contributed by atoms with Gasteiger partial charge in [-0.05, 0) is 20.8 Å². The monoisotopic (exact) mass is 199 g/mol. The fourth-order valence-corrected chi connectivity index (χ4v) is 1.39. The summed E-state index contributed by atoms with van der Waals surface area (Å²) in [5, 5.41) is 21.8. The van der Waals surface area contributed by atoms with Crippen LogP contribution in [0.15, 0.2) is 16.8 Å². The summed E-state index contributed by atoms with van der Waals surface area (Å²) < 4.78 is 0. The number of aliphatic hydroxyl groups is 2. The van der Waals surface area contributed by atoms with E-state index >= 15 is 0 Å². The molecular formula is C9H17N3O2. The molecule has 0 unspecified atom stereocenters. The van der Waals surface area contributed by atoms with E-state index < -0.39 is 5.91 Å². The van der Waals surface area contributed by atoms with E-state index in [0.29, 0.717) is 11.7 Å². The van der Waals surface area contributed by atoms with Gasteiger partial charge in [-0.1, -0.05) is 0 Å². The lowest BCUT2D eigenvalue weighted by molar-refractivity contribution is -0.112. The summed E-state index contributed by atoms with van der Waals surface area (Å²) in [4.78, 5) is 5.69. The Kier molecular flexibility index (Phi) is 3.13. The number of nitrogens with one attached hydrogen (secondary N) is 1. The number of aliphatic imine (C=N–C) groups is 1. The summed E-state index contributed by atoms with van der Waals surface area (Å²) in [6.07, 6.45) is 1.26. The van der Waals surface area contributed by atoms with Crippen LogP contribution in [0.5, 0.6) is 0 Å². The molecule has 1 aliphatic heterocycles. The third kappa shape index (κ3) is 2.46. The zero-order chi connectivity index (χ0) is 10.8. The average molecular weight is 199 g/mol. The van der Waals surface area contributed by atoms with Gasteiger partial charge in [-0.15, -0.1) is 0 Å². The van der Waals surface area contributed by atoms with Gasteiger partial charge < -0.3 is 20.4 Å². The predicted octanol–water partition coefficient (Wildman–Crippen LogP) is -0.170. The van der Waals surface area contributed by atoms with E-state index in [1.165, 1.54) is 6.08 Å². The van der Waals surface area contributed by atoms with Crippen molar-refractivity contribution >= 4 is 5.96 Å². The van der Waals surface area contributed by atoms with Crippen molar-refractivity contribution in [3.8, 4) is 0 Å². The quantitative estimate of drug-likeness (QED) is 0.540. The van der Waals surface area contributed by atoms with Crippen LogP contribution in [0.2, 0.25) is 0 Å². The van der Waals surface area contributed by atoms with Crippen LogP contribution < -0.4 is 5.32 Å². The summed E-state index contributed by atoms with van der Waals surface area (Å²) in [6, 6.07) is 0. The molecule has 5 heteroatoms. The van der Waals surface area contributed by atoms with Crippen molar-refractivity contribution in [2.24, 2.45) is 4.99 Å². The van der Waals surface area contributed by atoms with Crippen LogP contribution in [0, 0.1) is 0 Å². The molecule has 80 valence electrons. The minimum absolute atomic E-state index is 0.500. The van der Waals surface area contributed by atoms with Crippen LogP contribution in [-0.2, 0) is 0 Å². The van der Waals surface area contributed by atoms with E-state index in [1.54, 1.807) is 6.92 Å². The summed E-state index contributed by atoms with van der Waals surface area (Å²) in [7, 11) is 0. The van der Waals surface area contributed by atoms with Gasteiger partial charge in [0.25, 0.3) is 5.91 Å². The molecule has 3 N–H and O–H groups in total. The Morgan fingerprint density at radius 2 is 2.00 bits per heavy atom. The Hall–Kier alpha value is -1.07. The average Bonchev–Trinajstić information content (AvgIpc) is 2.02. The third-order valence-corrected chi connectivity index (χ3v) is 2.05. The molecule has 0 spiro atoms. The molecule has 1 heterocycles. The van der Waals surface area contributed by atoms with Crippen molar-refractivity contribution in [3.63, 3.8) is 0 Å². The van der Waals surface area contributed by atoms with E-state index in [9.17, 15) is 10.2 Å². The molecule has 0 radical (unpaired) electrons. The summed E-state index contributed by atoms with van der Waals surface area (Å²) in [6.45, 7) is 7.27. The number of guanidine groups is 1. The number of allylic oxidation sites excluding steroid dienone is 1. The molecule has 0 aromatic heterocycles. The number of hydrogen-bond donors (Lipinski definition) is 3.